The number of nitrogens with one attached hydrogen (secondary N) is 1. The summed E-state index contributed by atoms with van der Waals surface area (Å²) in [5.41, 5.74) is 5.33. The summed E-state index contributed by atoms with van der Waals surface area (Å²) in [5.74, 6) is 0. The van der Waals surface area contributed by atoms with Crippen molar-refractivity contribution in [2.45, 2.75) is 13.0 Å². The molecule has 3 nitrogen and oxygen atoms in total. The molecule has 0 aromatic carbocycles. The van der Waals surface area contributed by atoms with Crippen molar-refractivity contribution in [3.05, 3.63) is 16.6 Å². The Kier molecular flexibility index (Phi) is 4.11. The minimum atomic E-state index is 0.755. The van der Waals surface area contributed by atoms with Gasteiger partial charge in [-0.2, -0.15) is 0 Å². The van der Waals surface area contributed by atoms with Crippen LogP contribution < -0.4 is 11.1 Å². The SMILES string of the molecule is NCCCNCc1nccs1. The van der Waals surface area contributed by atoms with Gasteiger partial charge in [0.15, 0.2) is 0 Å². The average molecular weight is 171 g/mol. The Balaban J connectivity index is 2.04. The second-order valence-corrected chi connectivity index (χ2v) is 3.22. The van der Waals surface area contributed by atoms with E-state index in [1.807, 2.05) is 11.6 Å². The smallest absolute Gasteiger partial charge is 0.106 e. The monoisotopic (exact) mass is 171 g/mol. The van der Waals surface area contributed by atoms with Gasteiger partial charge in [0.2, 0.25) is 0 Å². The average Bonchev–Trinajstić information content (AvgIpc) is 2.50. The van der Waals surface area contributed by atoms with Crippen molar-refractivity contribution in [3.63, 3.8) is 0 Å². The van der Waals surface area contributed by atoms with Crippen LogP contribution in [0.2, 0.25) is 0 Å². The summed E-state index contributed by atoms with van der Waals surface area (Å²) in [6, 6.07) is 0. The Morgan fingerprint density at radius 2 is 2.55 bits per heavy atom. The molecule has 1 rings (SSSR count). The van der Waals surface area contributed by atoms with Crippen LogP contribution >= 0.6 is 11.3 Å². The van der Waals surface area contributed by atoms with E-state index in [0.717, 1.165) is 31.1 Å². The first-order valence-electron chi connectivity index (χ1n) is 3.72. The molecule has 1 heterocycles. The summed E-state index contributed by atoms with van der Waals surface area (Å²) in [5, 5.41) is 6.38. The van der Waals surface area contributed by atoms with E-state index in [1.54, 1.807) is 11.3 Å². The molecule has 0 unspecified atom stereocenters. The van der Waals surface area contributed by atoms with Gasteiger partial charge in [-0.25, -0.2) is 4.98 Å². The molecule has 0 aliphatic carbocycles. The van der Waals surface area contributed by atoms with Gasteiger partial charge in [0, 0.05) is 18.1 Å². The maximum atomic E-state index is 5.33. The van der Waals surface area contributed by atoms with Crippen molar-refractivity contribution in [1.82, 2.24) is 10.3 Å². The van der Waals surface area contributed by atoms with E-state index in [2.05, 4.69) is 10.3 Å². The highest BCUT2D eigenvalue weighted by atomic mass is 32.1. The lowest BCUT2D eigenvalue weighted by Gasteiger charge is -1.98. The van der Waals surface area contributed by atoms with E-state index in [9.17, 15) is 0 Å². The van der Waals surface area contributed by atoms with E-state index in [1.165, 1.54) is 0 Å². The topological polar surface area (TPSA) is 50.9 Å². The Hall–Kier alpha value is -0.450. The molecule has 4 heteroatoms. The Labute approximate surface area is 70.6 Å². The Morgan fingerprint density at radius 3 is 3.18 bits per heavy atom. The van der Waals surface area contributed by atoms with Gasteiger partial charge in [-0.15, -0.1) is 11.3 Å². The fourth-order valence-corrected chi connectivity index (χ4v) is 1.35. The van der Waals surface area contributed by atoms with Gasteiger partial charge >= 0.3 is 0 Å². The number of aromatic nitrogens is 1. The van der Waals surface area contributed by atoms with Crippen LogP contribution in [-0.2, 0) is 6.54 Å². The van der Waals surface area contributed by atoms with Crippen LogP contribution in [0.1, 0.15) is 11.4 Å². The van der Waals surface area contributed by atoms with Crippen molar-refractivity contribution >= 4 is 11.3 Å². The normalized spacial score (nSPS) is 10.3. The summed E-state index contributed by atoms with van der Waals surface area (Å²) in [6.45, 7) is 2.61. The number of rotatable bonds is 5. The molecule has 1 aromatic heterocycles. The van der Waals surface area contributed by atoms with E-state index >= 15 is 0 Å². The van der Waals surface area contributed by atoms with Crippen molar-refractivity contribution in [2.75, 3.05) is 13.1 Å². The summed E-state index contributed by atoms with van der Waals surface area (Å²) in [7, 11) is 0. The molecule has 0 bridgehead atoms. The van der Waals surface area contributed by atoms with Crippen LogP contribution in [0, 0.1) is 0 Å². The standard InChI is InChI=1S/C7H13N3S/c8-2-1-3-9-6-7-10-4-5-11-7/h4-5,9H,1-3,6,8H2. The lowest BCUT2D eigenvalue weighted by atomic mass is 10.4. The van der Waals surface area contributed by atoms with Crippen LogP contribution in [0.5, 0.6) is 0 Å². The summed E-state index contributed by atoms with van der Waals surface area (Å²) < 4.78 is 0. The third-order valence-corrected chi connectivity index (χ3v) is 2.10. The maximum Gasteiger partial charge on any atom is 0.106 e. The highest BCUT2D eigenvalue weighted by Gasteiger charge is 1.92. The molecule has 0 aliphatic heterocycles. The molecule has 0 radical (unpaired) electrons. The second kappa shape index (κ2) is 5.23. The zero-order valence-electron chi connectivity index (χ0n) is 6.42. The molecule has 62 valence electrons. The van der Waals surface area contributed by atoms with E-state index in [0.29, 0.717) is 0 Å². The molecule has 3 N–H and O–H groups in total. The molecule has 0 aliphatic rings. The first-order valence-corrected chi connectivity index (χ1v) is 4.60. The molecule has 0 amide bonds. The molecule has 1 aromatic rings. The van der Waals surface area contributed by atoms with Crippen molar-refractivity contribution in [3.8, 4) is 0 Å². The zero-order valence-corrected chi connectivity index (χ0v) is 7.23. The Morgan fingerprint density at radius 1 is 1.64 bits per heavy atom. The molecule has 0 fully saturated rings. The van der Waals surface area contributed by atoms with Crippen LogP contribution in [0.25, 0.3) is 0 Å². The largest absolute Gasteiger partial charge is 0.330 e. The molecular formula is C7H13N3S. The Bertz CT molecular complexity index is 174. The summed E-state index contributed by atoms with van der Waals surface area (Å²) in [6.07, 6.45) is 2.86. The quantitative estimate of drug-likeness (QED) is 0.637. The second-order valence-electron chi connectivity index (χ2n) is 2.24. The fourth-order valence-electron chi connectivity index (χ4n) is 0.763. The van der Waals surface area contributed by atoms with Crippen molar-refractivity contribution < 1.29 is 0 Å². The van der Waals surface area contributed by atoms with Gasteiger partial charge in [-0.1, -0.05) is 0 Å². The number of hydrogen-bond donors (Lipinski definition) is 2. The molecule has 0 saturated carbocycles. The van der Waals surface area contributed by atoms with E-state index in [4.69, 9.17) is 5.73 Å². The first kappa shape index (κ1) is 8.64. The van der Waals surface area contributed by atoms with Gasteiger partial charge in [-0.3, -0.25) is 0 Å². The van der Waals surface area contributed by atoms with E-state index < -0.39 is 0 Å². The lowest BCUT2D eigenvalue weighted by molar-refractivity contribution is 0.653. The maximum absolute atomic E-state index is 5.33. The number of hydrogen-bond acceptors (Lipinski definition) is 4. The van der Waals surface area contributed by atoms with E-state index in [-0.39, 0.29) is 0 Å². The predicted molar refractivity (Wildman–Crippen MR) is 47.5 cm³/mol. The first-order chi connectivity index (χ1) is 5.43. The van der Waals surface area contributed by atoms with Crippen LogP contribution in [0.15, 0.2) is 11.6 Å². The highest BCUT2D eigenvalue weighted by molar-refractivity contribution is 7.09. The summed E-state index contributed by atoms with van der Waals surface area (Å²) >= 11 is 1.68. The number of nitrogens with two attached hydrogens (primary N) is 1. The lowest BCUT2D eigenvalue weighted by Crippen LogP contribution is -2.17. The van der Waals surface area contributed by atoms with Gasteiger partial charge in [0.1, 0.15) is 5.01 Å². The minimum absolute atomic E-state index is 0.755. The molecular weight excluding hydrogens is 158 g/mol. The van der Waals surface area contributed by atoms with Gasteiger partial charge < -0.3 is 11.1 Å². The third kappa shape index (κ3) is 3.46. The molecule has 0 spiro atoms. The zero-order chi connectivity index (χ0) is 7.94. The van der Waals surface area contributed by atoms with Crippen LogP contribution in [-0.4, -0.2) is 18.1 Å². The molecule has 0 saturated heterocycles. The van der Waals surface area contributed by atoms with Crippen LogP contribution in [0.4, 0.5) is 0 Å². The molecule has 11 heavy (non-hydrogen) atoms. The van der Waals surface area contributed by atoms with Gasteiger partial charge in [0.05, 0.1) is 0 Å². The summed E-state index contributed by atoms with van der Waals surface area (Å²) in [4.78, 5) is 4.14. The number of thiazole rings is 1. The van der Waals surface area contributed by atoms with Crippen molar-refractivity contribution in [1.29, 1.82) is 0 Å². The predicted octanol–water partition coefficient (Wildman–Crippen LogP) is 0.582. The molecule has 0 atom stereocenters. The van der Waals surface area contributed by atoms with Gasteiger partial charge in [0.25, 0.3) is 0 Å². The van der Waals surface area contributed by atoms with Crippen LogP contribution in [0.3, 0.4) is 0 Å². The van der Waals surface area contributed by atoms with Gasteiger partial charge in [-0.05, 0) is 19.5 Å². The third-order valence-electron chi connectivity index (χ3n) is 1.32. The fraction of sp³-hybridized carbons (Fsp3) is 0.571. The highest BCUT2D eigenvalue weighted by Crippen LogP contribution is 2.01. The number of nitrogens with zero attached hydrogens (tertiary/aromatic N) is 1. The van der Waals surface area contributed by atoms with Crippen molar-refractivity contribution in [2.24, 2.45) is 5.73 Å². The minimum Gasteiger partial charge on any atom is -0.330 e.